The molecule has 0 saturated carbocycles. The minimum Gasteiger partial charge on any atom is -0.289 e. The van der Waals surface area contributed by atoms with Crippen molar-refractivity contribution in [1.82, 2.24) is 0 Å². The fourth-order valence-corrected chi connectivity index (χ4v) is 1.82. The number of benzene rings is 1. The standard InChI is InChI=1S/C13H14O/c1-8(2)10-4-5-11-6-9(3)13(14)12(11)7-10/h4-5,7-8H,3,6H2,1-2H3. The van der Waals surface area contributed by atoms with Crippen LogP contribution in [0.25, 0.3) is 0 Å². The van der Waals surface area contributed by atoms with Crippen molar-refractivity contribution in [1.29, 1.82) is 0 Å². The highest BCUT2D eigenvalue weighted by atomic mass is 16.1. The Morgan fingerprint density at radius 3 is 2.71 bits per heavy atom. The molecular formula is C13H14O. The van der Waals surface area contributed by atoms with E-state index in [0.29, 0.717) is 5.92 Å². The quantitative estimate of drug-likeness (QED) is 0.616. The molecule has 0 heterocycles. The highest BCUT2D eigenvalue weighted by Crippen LogP contribution is 2.28. The zero-order chi connectivity index (χ0) is 10.3. The Kier molecular flexibility index (Phi) is 2.03. The van der Waals surface area contributed by atoms with Crippen molar-refractivity contribution in [2.75, 3.05) is 0 Å². The minimum atomic E-state index is 0.127. The van der Waals surface area contributed by atoms with Crippen LogP contribution in [0.2, 0.25) is 0 Å². The van der Waals surface area contributed by atoms with Crippen molar-refractivity contribution in [3.63, 3.8) is 0 Å². The first-order valence-corrected chi connectivity index (χ1v) is 4.95. The van der Waals surface area contributed by atoms with Gasteiger partial charge in [-0.25, -0.2) is 0 Å². The van der Waals surface area contributed by atoms with E-state index in [2.05, 4.69) is 32.6 Å². The van der Waals surface area contributed by atoms with Crippen LogP contribution < -0.4 is 0 Å². The van der Waals surface area contributed by atoms with Gasteiger partial charge in [-0.3, -0.25) is 4.79 Å². The fourth-order valence-electron chi connectivity index (χ4n) is 1.82. The van der Waals surface area contributed by atoms with Crippen LogP contribution in [0.3, 0.4) is 0 Å². The van der Waals surface area contributed by atoms with Crippen molar-refractivity contribution in [2.45, 2.75) is 26.2 Å². The highest BCUT2D eigenvalue weighted by Gasteiger charge is 2.23. The minimum absolute atomic E-state index is 0.127. The number of carbonyl (C=O) groups excluding carboxylic acids is 1. The molecule has 0 saturated heterocycles. The molecule has 1 aromatic carbocycles. The van der Waals surface area contributed by atoms with E-state index < -0.39 is 0 Å². The summed E-state index contributed by atoms with van der Waals surface area (Å²) in [4.78, 5) is 11.7. The first kappa shape index (κ1) is 9.20. The molecule has 1 aromatic rings. The van der Waals surface area contributed by atoms with Crippen LogP contribution in [0.5, 0.6) is 0 Å². The summed E-state index contributed by atoms with van der Waals surface area (Å²) in [6, 6.07) is 6.18. The summed E-state index contributed by atoms with van der Waals surface area (Å²) in [5, 5.41) is 0. The van der Waals surface area contributed by atoms with E-state index in [1.165, 1.54) is 5.56 Å². The molecule has 0 unspecified atom stereocenters. The summed E-state index contributed by atoms with van der Waals surface area (Å²) >= 11 is 0. The maximum atomic E-state index is 11.7. The number of hydrogen-bond acceptors (Lipinski definition) is 1. The summed E-state index contributed by atoms with van der Waals surface area (Å²) < 4.78 is 0. The van der Waals surface area contributed by atoms with Crippen molar-refractivity contribution in [2.24, 2.45) is 0 Å². The first-order valence-electron chi connectivity index (χ1n) is 4.95. The number of fused-ring (bicyclic) bond motifs is 1. The second-order valence-corrected chi connectivity index (χ2v) is 4.18. The van der Waals surface area contributed by atoms with Crippen LogP contribution in [-0.2, 0) is 6.42 Å². The normalized spacial score (nSPS) is 15.1. The van der Waals surface area contributed by atoms with Crippen LogP contribution in [0.4, 0.5) is 0 Å². The average Bonchev–Trinajstić information content (AvgIpc) is 2.43. The highest BCUT2D eigenvalue weighted by molar-refractivity contribution is 6.12. The van der Waals surface area contributed by atoms with Crippen LogP contribution >= 0.6 is 0 Å². The van der Waals surface area contributed by atoms with Gasteiger partial charge >= 0.3 is 0 Å². The zero-order valence-electron chi connectivity index (χ0n) is 8.63. The van der Waals surface area contributed by atoms with Gasteiger partial charge in [0.15, 0.2) is 5.78 Å². The molecule has 72 valence electrons. The second-order valence-electron chi connectivity index (χ2n) is 4.18. The molecule has 0 radical (unpaired) electrons. The summed E-state index contributed by atoms with van der Waals surface area (Å²) in [6.07, 6.45) is 0.729. The van der Waals surface area contributed by atoms with Gasteiger partial charge in [-0.2, -0.15) is 0 Å². The molecule has 1 heteroatoms. The number of hydrogen-bond donors (Lipinski definition) is 0. The third-order valence-electron chi connectivity index (χ3n) is 2.77. The Morgan fingerprint density at radius 2 is 2.07 bits per heavy atom. The van der Waals surface area contributed by atoms with Crippen LogP contribution in [-0.4, -0.2) is 5.78 Å². The van der Waals surface area contributed by atoms with Crippen molar-refractivity contribution in [3.8, 4) is 0 Å². The number of carbonyl (C=O) groups is 1. The molecule has 0 spiro atoms. The lowest BCUT2D eigenvalue weighted by Gasteiger charge is -2.06. The van der Waals surface area contributed by atoms with Crippen molar-refractivity contribution < 1.29 is 4.79 Å². The number of allylic oxidation sites excluding steroid dienone is 1. The molecular weight excluding hydrogens is 172 g/mol. The molecule has 0 aromatic heterocycles. The van der Waals surface area contributed by atoms with E-state index in [9.17, 15) is 4.79 Å². The maximum Gasteiger partial charge on any atom is 0.189 e. The van der Waals surface area contributed by atoms with E-state index >= 15 is 0 Å². The Balaban J connectivity index is 2.51. The molecule has 1 nitrogen and oxygen atoms in total. The van der Waals surface area contributed by atoms with Gasteiger partial charge in [-0.1, -0.05) is 32.6 Å². The first-order chi connectivity index (χ1) is 6.59. The van der Waals surface area contributed by atoms with Gasteiger partial charge in [-0.15, -0.1) is 0 Å². The molecule has 0 bridgehead atoms. The molecule has 14 heavy (non-hydrogen) atoms. The third kappa shape index (κ3) is 1.29. The Labute approximate surface area is 84.5 Å². The Bertz CT molecular complexity index is 413. The van der Waals surface area contributed by atoms with E-state index in [0.717, 1.165) is 23.1 Å². The van der Waals surface area contributed by atoms with Gasteiger partial charge in [-0.05, 0) is 28.7 Å². The van der Waals surface area contributed by atoms with Gasteiger partial charge in [0.1, 0.15) is 0 Å². The van der Waals surface area contributed by atoms with Gasteiger partial charge in [0, 0.05) is 12.0 Å². The molecule has 2 rings (SSSR count). The summed E-state index contributed by atoms with van der Waals surface area (Å²) in [5.41, 5.74) is 3.94. The lowest BCUT2D eigenvalue weighted by Crippen LogP contribution is -1.96. The van der Waals surface area contributed by atoms with E-state index in [-0.39, 0.29) is 5.78 Å². The van der Waals surface area contributed by atoms with Gasteiger partial charge < -0.3 is 0 Å². The third-order valence-corrected chi connectivity index (χ3v) is 2.77. The molecule has 1 aliphatic rings. The van der Waals surface area contributed by atoms with E-state index in [1.807, 2.05) is 6.07 Å². The van der Waals surface area contributed by atoms with Crippen LogP contribution in [0, 0.1) is 0 Å². The second kappa shape index (κ2) is 3.09. The van der Waals surface area contributed by atoms with E-state index in [4.69, 9.17) is 0 Å². The summed E-state index contributed by atoms with van der Waals surface area (Å²) in [7, 11) is 0. The number of ketones is 1. The fraction of sp³-hybridized carbons (Fsp3) is 0.308. The molecule has 0 fully saturated rings. The predicted molar refractivity (Wildman–Crippen MR) is 57.7 cm³/mol. The summed E-state index contributed by atoms with van der Waals surface area (Å²) in [5.74, 6) is 0.601. The SMILES string of the molecule is C=C1Cc2ccc(C(C)C)cc2C1=O. The Hall–Kier alpha value is -1.37. The van der Waals surface area contributed by atoms with Crippen molar-refractivity contribution >= 4 is 5.78 Å². The van der Waals surface area contributed by atoms with Gasteiger partial charge in [0.2, 0.25) is 0 Å². The lowest BCUT2D eigenvalue weighted by molar-refractivity contribution is 0.104. The average molecular weight is 186 g/mol. The monoisotopic (exact) mass is 186 g/mol. The van der Waals surface area contributed by atoms with Crippen LogP contribution in [0.1, 0.15) is 41.3 Å². The molecule has 0 amide bonds. The summed E-state index contributed by atoms with van der Waals surface area (Å²) in [6.45, 7) is 8.04. The molecule has 0 N–H and O–H groups in total. The van der Waals surface area contributed by atoms with Crippen LogP contribution in [0.15, 0.2) is 30.4 Å². The Morgan fingerprint density at radius 1 is 1.36 bits per heavy atom. The van der Waals surface area contributed by atoms with Gasteiger partial charge in [0.05, 0.1) is 0 Å². The maximum absolute atomic E-state index is 11.7. The lowest BCUT2D eigenvalue weighted by atomic mass is 9.98. The number of rotatable bonds is 1. The van der Waals surface area contributed by atoms with E-state index in [1.54, 1.807) is 0 Å². The topological polar surface area (TPSA) is 17.1 Å². The molecule has 0 atom stereocenters. The largest absolute Gasteiger partial charge is 0.289 e. The number of Topliss-reactive ketones (excluding diaryl/α,β-unsaturated/α-hetero) is 1. The molecule has 1 aliphatic carbocycles. The van der Waals surface area contributed by atoms with Gasteiger partial charge in [0.25, 0.3) is 0 Å². The van der Waals surface area contributed by atoms with Crippen molar-refractivity contribution in [3.05, 3.63) is 47.0 Å². The predicted octanol–water partition coefficient (Wildman–Crippen LogP) is 3.11. The smallest absolute Gasteiger partial charge is 0.189 e. The molecule has 0 aliphatic heterocycles. The zero-order valence-corrected chi connectivity index (χ0v) is 8.63.